The Kier molecular flexibility index (Phi) is 5.65. The van der Waals surface area contributed by atoms with Crippen LogP contribution in [-0.4, -0.2) is 17.6 Å². The highest BCUT2D eigenvalue weighted by Crippen LogP contribution is 2.17. The summed E-state index contributed by atoms with van der Waals surface area (Å²) in [7, 11) is 0. The molecular weight excluding hydrogens is 228 g/mol. The molecule has 1 atom stereocenters. The average molecular weight is 250 g/mol. The van der Waals surface area contributed by atoms with Crippen molar-refractivity contribution in [3.63, 3.8) is 0 Å². The number of phenolic OH excluding ortho intramolecular Hbond substituents is 1. The maximum atomic E-state index is 11.8. The zero-order valence-electron chi connectivity index (χ0n) is 11.0. The Morgan fingerprint density at radius 2 is 1.94 bits per heavy atom. The summed E-state index contributed by atoms with van der Waals surface area (Å²) in [5.41, 5.74) is 6.36. The molecule has 0 spiro atoms. The van der Waals surface area contributed by atoms with E-state index >= 15 is 0 Å². The third-order valence-electron chi connectivity index (χ3n) is 2.76. The van der Waals surface area contributed by atoms with Crippen molar-refractivity contribution in [2.24, 2.45) is 17.6 Å². The molecule has 0 unspecified atom stereocenters. The molecule has 4 N–H and O–H groups in total. The Morgan fingerprint density at radius 3 is 2.44 bits per heavy atom. The van der Waals surface area contributed by atoms with Crippen molar-refractivity contribution in [2.45, 2.75) is 26.7 Å². The van der Waals surface area contributed by atoms with E-state index in [1.807, 2.05) is 0 Å². The molecule has 0 aliphatic heterocycles. The summed E-state index contributed by atoms with van der Waals surface area (Å²) in [6, 6.07) is 6.44. The fourth-order valence-electron chi connectivity index (χ4n) is 1.95. The standard InChI is InChI=1S/C14H22N2O2/c1-10(2)7-11(9-15)8-14(18)16-12-3-5-13(17)6-4-12/h3-6,10-11,17H,7-9,15H2,1-2H3,(H,16,18)/t11-/m0/s1. The first-order chi connectivity index (χ1) is 8.51. The molecule has 0 saturated heterocycles. The Bertz CT molecular complexity index is 374. The van der Waals surface area contributed by atoms with Gasteiger partial charge in [0, 0.05) is 12.1 Å². The molecule has 0 fully saturated rings. The second-order valence-electron chi connectivity index (χ2n) is 5.03. The largest absolute Gasteiger partial charge is 0.508 e. The quantitative estimate of drug-likeness (QED) is 0.678. The molecule has 100 valence electrons. The average Bonchev–Trinajstić information content (AvgIpc) is 2.30. The number of nitrogens with two attached hydrogens (primary N) is 1. The van der Waals surface area contributed by atoms with E-state index < -0.39 is 0 Å². The lowest BCUT2D eigenvalue weighted by Crippen LogP contribution is -2.23. The van der Waals surface area contributed by atoms with Gasteiger partial charge in [0.15, 0.2) is 0 Å². The van der Waals surface area contributed by atoms with Crippen LogP contribution in [0.5, 0.6) is 5.75 Å². The van der Waals surface area contributed by atoms with E-state index in [9.17, 15) is 4.79 Å². The number of benzene rings is 1. The highest BCUT2D eigenvalue weighted by Gasteiger charge is 2.14. The van der Waals surface area contributed by atoms with E-state index in [0.717, 1.165) is 6.42 Å². The van der Waals surface area contributed by atoms with Crippen LogP contribution in [0.2, 0.25) is 0 Å². The highest BCUT2D eigenvalue weighted by molar-refractivity contribution is 5.90. The number of phenols is 1. The van der Waals surface area contributed by atoms with Crippen LogP contribution in [0.4, 0.5) is 5.69 Å². The third kappa shape index (κ3) is 5.19. The molecular formula is C14H22N2O2. The van der Waals surface area contributed by atoms with Crippen LogP contribution < -0.4 is 11.1 Å². The molecule has 1 aromatic rings. The first kappa shape index (κ1) is 14.5. The van der Waals surface area contributed by atoms with Gasteiger partial charge in [-0.25, -0.2) is 0 Å². The zero-order chi connectivity index (χ0) is 13.5. The number of anilines is 1. The van der Waals surface area contributed by atoms with Gasteiger partial charge in [0.05, 0.1) is 0 Å². The summed E-state index contributed by atoms with van der Waals surface area (Å²) in [4.78, 5) is 11.8. The van der Waals surface area contributed by atoms with Crippen molar-refractivity contribution in [3.8, 4) is 5.75 Å². The smallest absolute Gasteiger partial charge is 0.224 e. The molecule has 0 radical (unpaired) electrons. The van der Waals surface area contributed by atoms with Crippen LogP contribution in [0.3, 0.4) is 0 Å². The van der Waals surface area contributed by atoms with Crippen LogP contribution in [0.15, 0.2) is 24.3 Å². The van der Waals surface area contributed by atoms with Gasteiger partial charge in [-0.1, -0.05) is 13.8 Å². The second-order valence-corrected chi connectivity index (χ2v) is 5.03. The summed E-state index contributed by atoms with van der Waals surface area (Å²) in [6.45, 7) is 4.78. The summed E-state index contributed by atoms with van der Waals surface area (Å²) in [5, 5.41) is 11.9. The predicted octanol–water partition coefficient (Wildman–Crippen LogP) is 2.34. The Labute approximate surface area is 108 Å². The minimum Gasteiger partial charge on any atom is -0.508 e. The lowest BCUT2D eigenvalue weighted by atomic mass is 9.94. The van der Waals surface area contributed by atoms with Crippen molar-refractivity contribution in [1.82, 2.24) is 0 Å². The van der Waals surface area contributed by atoms with Gasteiger partial charge < -0.3 is 16.2 Å². The fourth-order valence-corrected chi connectivity index (χ4v) is 1.95. The molecule has 1 amide bonds. The highest BCUT2D eigenvalue weighted by atomic mass is 16.3. The molecule has 0 bridgehead atoms. The molecule has 1 rings (SSSR count). The Morgan fingerprint density at radius 1 is 1.33 bits per heavy atom. The maximum absolute atomic E-state index is 11.8. The molecule has 18 heavy (non-hydrogen) atoms. The predicted molar refractivity (Wildman–Crippen MR) is 73.4 cm³/mol. The van der Waals surface area contributed by atoms with Crippen LogP contribution in [0, 0.1) is 11.8 Å². The fraction of sp³-hybridized carbons (Fsp3) is 0.500. The van der Waals surface area contributed by atoms with Crippen LogP contribution in [-0.2, 0) is 4.79 Å². The minimum atomic E-state index is -0.0308. The third-order valence-corrected chi connectivity index (χ3v) is 2.76. The first-order valence-electron chi connectivity index (χ1n) is 6.30. The monoisotopic (exact) mass is 250 g/mol. The zero-order valence-corrected chi connectivity index (χ0v) is 11.0. The number of carbonyl (C=O) groups is 1. The van der Waals surface area contributed by atoms with E-state index in [0.29, 0.717) is 24.6 Å². The number of aromatic hydroxyl groups is 1. The number of rotatable bonds is 6. The molecule has 4 heteroatoms. The van der Waals surface area contributed by atoms with Crippen LogP contribution >= 0.6 is 0 Å². The van der Waals surface area contributed by atoms with Gasteiger partial charge in [-0.15, -0.1) is 0 Å². The Hall–Kier alpha value is -1.55. The van der Waals surface area contributed by atoms with Crippen LogP contribution in [0.25, 0.3) is 0 Å². The van der Waals surface area contributed by atoms with E-state index in [1.165, 1.54) is 0 Å². The molecule has 0 aliphatic carbocycles. The van der Waals surface area contributed by atoms with Gasteiger partial charge in [0.25, 0.3) is 0 Å². The summed E-state index contributed by atoms with van der Waals surface area (Å²) >= 11 is 0. The van der Waals surface area contributed by atoms with E-state index in [4.69, 9.17) is 10.8 Å². The van der Waals surface area contributed by atoms with Gasteiger partial charge >= 0.3 is 0 Å². The van der Waals surface area contributed by atoms with Gasteiger partial charge in [0.2, 0.25) is 5.91 Å². The number of nitrogens with one attached hydrogen (secondary N) is 1. The van der Waals surface area contributed by atoms with Crippen molar-refractivity contribution in [1.29, 1.82) is 0 Å². The summed E-state index contributed by atoms with van der Waals surface area (Å²) < 4.78 is 0. The van der Waals surface area contributed by atoms with E-state index in [2.05, 4.69) is 19.2 Å². The van der Waals surface area contributed by atoms with E-state index in [1.54, 1.807) is 24.3 Å². The second kappa shape index (κ2) is 7.01. The number of amides is 1. The first-order valence-corrected chi connectivity index (χ1v) is 6.30. The molecule has 0 aliphatic rings. The van der Waals surface area contributed by atoms with Gasteiger partial charge in [0.1, 0.15) is 5.75 Å². The van der Waals surface area contributed by atoms with Crippen LogP contribution in [0.1, 0.15) is 26.7 Å². The van der Waals surface area contributed by atoms with Crippen molar-refractivity contribution in [3.05, 3.63) is 24.3 Å². The molecule has 0 heterocycles. The van der Waals surface area contributed by atoms with Gasteiger partial charge in [-0.2, -0.15) is 0 Å². The van der Waals surface area contributed by atoms with E-state index in [-0.39, 0.29) is 17.6 Å². The molecule has 1 aromatic carbocycles. The molecule has 4 nitrogen and oxygen atoms in total. The lowest BCUT2D eigenvalue weighted by Gasteiger charge is -2.16. The number of hydrogen-bond acceptors (Lipinski definition) is 3. The molecule has 0 saturated carbocycles. The number of carbonyl (C=O) groups excluding carboxylic acids is 1. The number of hydrogen-bond donors (Lipinski definition) is 3. The van der Waals surface area contributed by atoms with Gasteiger partial charge in [-0.05, 0) is 49.1 Å². The van der Waals surface area contributed by atoms with Crippen molar-refractivity contribution >= 4 is 11.6 Å². The molecule has 0 aromatic heterocycles. The summed E-state index contributed by atoms with van der Waals surface area (Å²) in [6.07, 6.45) is 1.40. The summed E-state index contributed by atoms with van der Waals surface area (Å²) in [5.74, 6) is 0.923. The normalized spacial score (nSPS) is 12.4. The minimum absolute atomic E-state index is 0.0308. The van der Waals surface area contributed by atoms with Crippen molar-refractivity contribution < 1.29 is 9.90 Å². The topological polar surface area (TPSA) is 75.4 Å². The van der Waals surface area contributed by atoms with Gasteiger partial charge in [-0.3, -0.25) is 4.79 Å². The SMILES string of the molecule is CC(C)C[C@H](CN)CC(=O)Nc1ccc(O)cc1. The lowest BCUT2D eigenvalue weighted by molar-refractivity contribution is -0.117. The van der Waals surface area contributed by atoms with Crippen molar-refractivity contribution in [2.75, 3.05) is 11.9 Å². The Balaban J connectivity index is 2.47. The maximum Gasteiger partial charge on any atom is 0.224 e.